The van der Waals surface area contributed by atoms with Crippen LogP contribution in [0.15, 0.2) is 24.3 Å². The van der Waals surface area contributed by atoms with Crippen molar-refractivity contribution < 1.29 is 4.74 Å². The van der Waals surface area contributed by atoms with E-state index in [1.807, 2.05) is 31.1 Å². The van der Waals surface area contributed by atoms with Gasteiger partial charge in [-0.3, -0.25) is 0 Å². The van der Waals surface area contributed by atoms with Gasteiger partial charge < -0.3 is 9.64 Å². The third kappa shape index (κ3) is 3.46. The molecule has 0 atom stereocenters. The molecule has 0 radical (unpaired) electrons. The second kappa shape index (κ2) is 5.25. The van der Waals surface area contributed by atoms with Crippen molar-refractivity contribution in [3.8, 4) is 11.8 Å². The Balaban J connectivity index is 2.47. The van der Waals surface area contributed by atoms with Crippen LogP contribution in [0.3, 0.4) is 0 Å². The molecule has 3 heteroatoms. The number of nitriles is 1. The van der Waals surface area contributed by atoms with Crippen molar-refractivity contribution in [3.05, 3.63) is 29.8 Å². The highest BCUT2D eigenvalue weighted by Crippen LogP contribution is 2.12. The second-order valence-corrected chi connectivity index (χ2v) is 3.29. The fraction of sp³-hybridized carbons (Fsp3) is 0.364. The minimum Gasteiger partial charge on any atom is -0.492 e. The topological polar surface area (TPSA) is 36.3 Å². The summed E-state index contributed by atoms with van der Waals surface area (Å²) in [4.78, 5) is 2.05. The molecule has 0 saturated heterocycles. The molecule has 0 fully saturated rings. The van der Waals surface area contributed by atoms with Crippen molar-refractivity contribution in [2.75, 3.05) is 27.2 Å². The van der Waals surface area contributed by atoms with E-state index in [0.717, 1.165) is 12.3 Å². The molecular weight excluding hydrogens is 176 g/mol. The van der Waals surface area contributed by atoms with Crippen LogP contribution in [-0.4, -0.2) is 32.1 Å². The van der Waals surface area contributed by atoms with Gasteiger partial charge in [0, 0.05) is 6.54 Å². The minimum atomic E-state index is 0.632. The molecular formula is C11H14N2O. The van der Waals surface area contributed by atoms with Crippen LogP contribution in [0.4, 0.5) is 0 Å². The van der Waals surface area contributed by atoms with Crippen LogP contribution in [0.25, 0.3) is 0 Å². The predicted octanol–water partition coefficient (Wildman–Crippen LogP) is 1.50. The van der Waals surface area contributed by atoms with E-state index in [1.165, 1.54) is 0 Å². The zero-order chi connectivity index (χ0) is 10.4. The quantitative estimate of drug-likeness (QED) is 0.721. The number of rotatable bonds is 4. The molecule has 14 heavy (non-hydrogen) atoms. The zero-order valence-electron chi connectivity index (χ0n) is 8.53. The average molecular weight is 190 g/mol. The Hall–Kier alpha value is -1.53. The van der Waals surface area contributed by atoms with E-state index in [2.05, 4.69) is 6.07 Å². The maximum atomic E-state index is 8.66. The molecule has 0 aliphatic rings. The molecule has 1 rings (SSSR count). The van der Waals surface area contributed by atoms with E-state index in [9.17, 15) is 0 Å². The van der Waals surface area contributed by atoms with Gasteiger partial charge in [0.1, 0.15) is 12.4 Å². The van der Waals surface area contributed by atoms with Crippen LogP contribution in [0.2, 0.25) is 0 Å². The van der Waals surface area contributed by atoms with Gasteiger partial charge in [-0.25, -0.2) is 0 Å². The standard InChI is InChI=1S/C11H14N2O/c1-13(2)6-7-14-11-5-3-4-10(8-11)9-12/h3-5,8H,6-7H2,1-2H3. The second-order valence-electron chi connectivity index (χ2n) is 3.29. The monoisotopic (exact) mass is 190 g/mol. The largest absolute Gasteiger partial charge is 0.492 e. The van der Waals surface area contributed by atoms with E-state index in [0.29, 0.717) is 12.2 Å². The first-order valence-electron chi connectivity index (χ1n) is 4.50. The third-order valence-electron chi connectivity index (χ3n) is 1.77. The predicted molar refractivity (Wildman–Crippen MR) is 55.2 cm³/mol. The number of hydrogen-bond acceptors (Lipinski definition) is 3. The van der Waals surface area contributed by atoms with Crippen molar-refractivity contribution in [2.45, 2.75) is 0 Å². The van der Waals surface area contributed by atoms with Gasteiger partial charge >= 0.3 is 0 Å². The summed E-state index contributed by atoms with van der Waals surface area (Å²) in [6, 6.07) is 9.27. The SMILES string of the molecule is CN(C)CCOc1cccc(C#N)c1. The fourth-order valence-corrected chi connectivity index (χ4v) is 1.00. The van der Waals surface area contributed by atoms with Crippen molar-refractivity contribution >= 4 is 0 Å². The smallest absolute Gasteiger partial charge is 0.120 e. The molecule has 0 aliphatic carbocycles. The Morgan fingerprint density at radius 1 is 1.43 bits per heavy atom. The molecule has 0 aromatic heterocycles. The Bertz CT molecular complexity index is 328. The molecule has 0 heterocycles. The van der Waals surface area contributed by atoms with Gasteiger partial charge in [-0.05, 0) is 32.3 Å². The van der Waals surface area contributed by atoms with Gasteiger partial charge in [-0.2, -0.15) is 5.26 Å². The summed E-state index contributed by atoms with van der Waals surface area (Å²) in [5.74, 6) is 0.755. The molecule has 0 bridgehead atoms. The van der Waals surface area contributed by atoms with Crippen molar-refractivity contribution in [3.63, 3.8) is 0 Å². The molecule has 0 unspecified atom stereocenters. The summed E-state index contributed by atoms with van der Waals surface area (Å²) in [6.45, 7) is 1.51. The molecule has 3 nitrogen and oxygen atoms in total. The normalized spacial score (nSPS) is 9.86. The van der Waals surface area contributed by atoms with Crippen LogP contribution in [-0.2, 0) is 0 Å². The molecule has 0 N–H and O–H groups in total. The first-order valence-corrected chi connectivity index (χ1v) is 4.50. The molecule has 0 saturated carbocycles. The lowest BCUT2D eigenvalue weighted by Gasteiger charge is -2.10. The summed E-state index contributed by atoms with van der Waals surface area (Å²) in [6.07, 6.45) is 0. The number of ether oxygens (including phenoxy) is 1. The van der Waals surface area contributed by atoms with Crippen LogP contribution < -0.4 is 4.74 Å². The fourth-order valence-electron chi connectivity index (χ4n) is 1.00. The lowest BCUT2D eigenvalue weighted by Crippen LogP contribution is -2.19. The summed E-state index contributed by atoms with van der Waals surface area (Å²) >= 11 is 0. The van der Waals surface area contributed by atoms with Crippen molar-refractivity contribution in [1.29, 1.82) is 5.26 Å². The van der Waals surface area contributed by atoms with Gasteiger partial charge in [-0.1, -0.05) is 6.07 Å². The Morgan fingerprint density at radius 2 is 2.21 bits per heavy atom. The molecule has 1 aromatic rings. The lowest BCUT2D eigenvalue weighted by molar-refractivity contribution is 0.261. The first-order chi connectivity index (χ1) is 6.72. The number of hydrogen-bond donors (Lipinski definition) is 0. The Labute approximate surface area is 84.5 Å². The molecule has 0 amide bonds. The van der Waals surface area contributed by atoms with Crippen molar-refractivity contribution in [1.82, 2.24) is 4.90 Å². The van der Waals surface area contributed by atoms with E-state index in [-0.39, 0.29) is 0 Å². The van der Waals surface area contributed by atoms with Gasteiger partial charge in [-0.15, -0.1) is 0 Å². The van der Waals surface area contributed by atoms with Crippen LogP contribution in [0, 0.1) is 11.3 Å². The highest BCUT2D eigenvalue weighted by molar-refractivity contribution is 5.36. The number of nitrogens with zero attached hydrogens (tertiary/aromatic N) is 2. The Kier molecular flexibility index (Phi) is 3.96. The molecule has 74 valence electrons. The van der Waals surface area contributed by atoms with Gasteiger partial charge in [0.2, 0.25) is 0 Å². The van der Waals surface area contributed by atoms with E-state index in [1.54, 1.807) is 12.1 Å². The van der Waals surface area contributed by atoms with Gasteiger partial charge in [0.05, 0.1) is 11.6 Å². The average Bonchev–Trinajstić information content (AvgIpc) is 2.18. The Morgan fingerprint density at radius 3 is 2.86 bits per heavy atom. The van der Waals surface area contributed by atoms with E-state index < -0.39 is 0 Å². The van der Waals surface area contributed by atoms with Crippen molar-refractivity contribution in [2.24, 2.45) is 0 Å². The minimum absolute atomic E-state index is 0.632. The van der Waals surface area contributed by atoms with E-state index >= 15 is 0 Å². The molecule has 1 aromatic carbocycles. The van der Waals surface area contributed by atoms with Crippen LogP contribution >= 0.6 is 0 Å². The van der Waals surface area contributed by atoms with Crippen LogP contribution in [0.5, 0.6) is 5.75 Å². The highest BCUT2D eigenvalue weighted by atomic mass is 16.5. The highest BCUT2D eigenvalue weighted by Gasteiger charge is 1.96. The maximum absolute atomic E-state index is 8.66. The zero-order valence-corrected chi connectivity index (χ0v) is 8.53. The van der Waals surface area contributed by atoms with Gasteiger partial charge in [0.15, 0.2) is 0 Å². The maximum Gasteiger partial charge on any atom is 0.120 e. The summed E-state index contributed by atoms with van der Waals surface area (Å²) in [5.41, 5.74) is 0.632. The molecule has 0 aliphatic heterocycles. The van der Waals surface area contributed by atoms with Crippen LogP contribution in [0.1, 0.15) is 5.56 Å². The number of likely N-dealkylation sites (N-methyl/N-ethyl adjacent to an activating group) is 1. The van der Waals surface area contributed by atoms with Gasteiger partial charge in [0.25, 0.3) is 0 Å². The molecule has 0 spiro atoms. The first kappa shape index (κ1) is 10.6. The number of benzene rings is 1. The summed E-state index contributed by atoms with van der Waals surface area (Å²) in [7, 11) is 3.99. The summed E-state index contributed by atoms with van der Waals surface area (Å²) < 4.78 is 5.47. The lowest BCUT2D eigenvalue weighted by atomic mass is 10.2. The third-order valence-corrected chi connectivity index (χ3v) is 1.77. The van der Waals surface area contributed by atoms with E-state index in [4.69, 9.17) is 10.00 Å². The summed E-state index contributed by atoms with van der Waals surface area (Å²) in [5, 5.41) is 8.66.